The minimum Gasteiger partial charge on any atom is -0.494 e. The van der Waals surface area contributed by atoms with Crippen LogP contribution in [-0.4, -0.2) is 27.2 Å². The van der Waals surface area contributed by atoms with Gasteiger partial charge in [0.25, 0.3) is 0 Å². The zero-order valence-electron chi connectivity index (χ0n) is 18.7. The fraction of sp³-hybridized carbons (Fsp3) is 0.440. The molecule has 164 valence electrons. The van der Waals surface area contributed by atoms with Crippen molar-refractivity contribution in [3.63, 3.8) is 0 Å². The molecular weight excluding hydrogens is 390 g/mol. The summed E-state index contributed by atoms with van der Waals surface area (Å²) in [6.07, 6.45) is 3.34. The average molecular weight is 422 g/mol. The Balaban J connectivity index is 1.77. The lowest BCUT2D eigenvalue weighted by Gasteiger charge is -2.40. The van der Waals surface area contributed by atoms with Gasteiger partial charge in [0.05, 0.1) is 23.2 Å². The summed E-state index contributed by atoms with van der Waals surface area (Å²) >= 11 is 0. The summed E-state index contributed by atoms with van der Waals surface area (Å²) in [4.78, 5) is 16.3. The first-order chi connectivity index (χ1) is 14.8. The van der Waals surface area contributed by atoms with Crippen LogP contribution in [0.15, 0.2) is 42.5 Å². The highest BCUT2D eigenvalue weighted by atomic mass is 16.5. The molecule has 2 aromatic carbocycles. The Bertz CT molecular complexity index is 1090. The number of carbonyl (C=O) groups is 1. The monoisotopic (exact) mass is 421 g/mol. The van der Waals surface area contributed by atoms with Gasteiger partial charge in [-0.15, -0.1) is 0 Å². The highest BCUT2D eigenvalue weighted by molar-refractivity contribution is 5.93. The molecule has 1 aromatic heterocycles. The van der Waals surface area contributed by atoms with Gasteiger partial charge in [0.2, 0.25) is 5.95 Å². The van der Waals surface area contributed by atoms with Crippen LogP contribution in [0.4, 0.5) is 11.6 Å². The van der Waals surface area contributed by atoms with Crippen molar-refractivity contribution in [2.24, 2.45) is 11.3 Å². The van der Waals surface area contributed by atoms with E-state index in [0.29, 0.717) is 24.1 Å². The Morgan fingerprint density at radius 2 is 1.97 bits per heavy atom. The van der Waals surface area contributed by atoms with Crippen LogP contribution < -0.4 is 10.1 Å². The van der Waals surface area contributed by atoms with E-state index in [9.17, 15) is 9.90 Å². The van der Waals surface area contributed by atoms with E-state index in [4.69, 9.17) is 9.72 Å². The number of hydrogen-bond acceptors (Lipinski definition) is 4. The summed E-state index contributed by atoms with van der Waals surface area (Å²) in [5.74, 6) is 1.25. The van der Waals surface area contributed by atoms with E-state index in [0.717, 1.165) is 35.7 Å². The summed E-state index contributed by atoms with van der Waals surface area (Å²) in [6.45, 7) is 9.57. The van der Waals surface area contributed by atoms with Gasteiger partial charge in [-0.1, -0.05) is 20.8 Å². The van der Waals surface area contributed by atoms with E-state index >= 15 is 0 Å². The molecule has 0 aliphatic heterocycles. The number of hydrogen-bond donors (Lipinski definition) is 2. The molecule has 0 radical (unpaired) electrons. The molecule has 1 heterocycles. The fourth-order valence-electron chi connectivity index (χ4n) is 5.11. The zero-order valence-corrected chi connectivity index (χ0v) is 18.7. The molecule has 6 heteroatoms. The summed E-state index contributed by atoms with van der Waals surface area (Å²) in [6, 6.07) is 13.3. The van der Waals surface area contributed by atoms with Gasteiger partial charge in [-0.05, 0) is 80.0 Å². The van der Waals surface area contributed by atoms with E-state index in [2.05, 4.69) is 30.7 Å². The van der Waals surface area contributed by atoms with Crippen molar-refractivity contribution in [1.29, 1.82) is 0 Å². The Morgan fingerprint density at radius 1 is 1.23 bits per heavy atom. The van der Waals surface area contributed by atoms with E-state index < -0.39 is 5.97 Å². The number of benzene rings is 2. The highest BCUT2D eigenvalue weighted by Gasteiger charge is 2.34. The molecule has 3 aromatic rings. The number of carboxylic acids is 1. The second-order valence-electron chi connectivity index (χ2n) is 9.46. The number of anilines is 2. The van der Waals surface area contributed by atoms with Crippen LogP contribution in [0.25, 0.3) is 11.0 Å². The first-order valence-electron chi connectivity index (χ1n) is 11.0. The topological polar surface area (TPSA) is 76.4 Å². The normalized spacial score (nSPS) is 20.5. The molecule has 1 aliphatic rings. The first-order valence-corrected chi connectivity index (χ1v) is 11.0. The van der Waals surface area contributed by atoms with Gasteiger partial charge in [-0.3, -0.25) is 0 Å². The third-order valence-corrected chi connectivity index (χ3v) is 6.09. The van der Waals surface area contributed by atoms with Gasteiger partial charge in [0, 0.05) is 11.7 Å². The number of ether oxygens (including phenoxy) is 1. The number of aromatic nitrogens is 2. The molecule has 4 rings (SSSR count). The first kappa shape index (κ1) is 21.2. The van der Waals surface area contributed by atoms with Crippen LogP contribution in [0.3, 0.4) is 0 Å². The molecule has 1 unspecified atom stereocenters. The van der Waals surface area contributed by atoms with Gasteiger partial charge < -0.3 is 19.7 Å². The summed E-state index contributed by atoms with van der Waals surface area (Å²) < 4.78 is 7.82. The van der Waals surface area contributed by atoms with Gasteiger partial charge in [-0.2, -0.15) is 0 Å². The maximum atomic E-state index is 11.5. The molecule has 1 fully saturated rings. The van der Waals surface area contributed by atoms with Crippen molar-refractivity contribution < 1.29 is 14.6 Å². The standard InChI is InChI=1S/C25H31N3O3/c1-5-31-20-9-7-18(8-10-20)26-24-27-21-13-17(23(29)30)6-11-22(21)28(24)19-12-16(2)14-25(3,4)15-19/h6-11,13,16,19H,5,12,14-15H2,1-4H3,(H,26,27)(H,29,30)/t16-,19?/m0/s1. The van der Waals surface area contributed by atoms with E-state index in [1.54, 1.807) is 12.1 Å². The van der Waals surface area contributed by atoms with Crippen LogP contribution in [0.2, 0.25) is 0 Å². The van der Waals surface area contributed by atoms with Crippen LogP contribution in [0.1, 0.15) is 63.4 Å². The van der Waals surface area contributed by atoms with Gasteiger partial charge in [0.1, 0.15) is 5.75 Å². The number of aromatic carboxylic acids is 1. The minimum atomic E-state index is -0.940. The van der Waals surface area contributed by atoms with E-state index in [1.165, 1.54) is 6.42 Å². The van der Waals surface area contributed by atoms with Crippen LogP contribution in [-0.2, 0) is 0 Å². The molecular formula is C25H31N3O3. The number of rotatable bonds is 6. The van der Waals surface area contributed by atoms with E-state index in [1.807, 2.05) is 37.3 Å². The predicted octanol–water partition coefficient (Wildman–Crippen LogP) is 6.26. The Morgan fingerprint density at radius 3 is 2.61 bits per heavy atom. The lowest BCUT2D eigenvalue weighted by atomic mass is 9.70. The Labute approximate surface area is 183 Å². The highest BCUT2D eigenvalue weighted by Crippen LogP contribution is 2.46. The van der Waals surface area contributed by atoms with Gasteiger partial charge in [-0.25, -0.2) is 9.78 Å². The average Bonchev–Trinajstić information content (AvgIpc) is 3.05. The minimum absolute atomic E-state index is 0.246. The van der Waals surface area contributed by atoms with Crippen molar-refractivity contribution in [3.05, 3.63) is 48.0 Å². The zero-order chi connectivity index (χ0) is 22.2. The van der Waals surface area contributed by atoms with Crippen LogP contribution in [0.5, 0.6) is 5.75 Å². The Kier molecular flexibility index (Phi) is 5.65. The van der Waals surface area contributed by atoms with Crippen LogP contribution in [0, 0.1) is 11.3 Å². The van der Waals surface area contributed by atoms with Gasteiger partial charge in [0.15, 0.2) is 0 Å². The molecule has 2 atom stereocenters. The fourth-order valence-corrected chi connectivity index (χ4v) is 5.11. The second kappa shape index (κ2) is 8.25. The number of imidazole rings is 1. The van der Waals surface area contributed by atoms with Crippen molar-refractivity contribution in [1.82, 2.24) is 9.55 Å². The molecule has 0 saturated heterocycles. The summed E-state index contributed by atoms with van der Waals surface area (Å²) in [5, 5.41) is 12.9. The third kappa shape index (κ3) is 4.53. The SMILES string of the molecule is CCOc1ccc(Nc2nc3cc(C(=O)O)ccc3n2C2C[C@H](C)CC(C)(C)C2)cc1. The maximum absolute atomic E-state index is 11.5. The van der Waals surface area contributed by atoms with E-state index in [-0.39, 0.29) is 11.0 Å². The largest absolute Gasteiger partial charge is 0.494 e. The number of nitrogens with zero attached hydrogens (tertiary/aromatic N) is 2. The van der Waals surface area contributed by atoms with Crippen molar-refractivity contribution in [2.75, 3.05) is 11.9 Å². The second-order valence-corrected chi connectivity index (χ2v) is 9.46. The van der Waals surface area contributed by atoms with Crippen molar-refractivity contribution in [3.8, 4) is 5.75 Å². The number of fused-ring (bicyclic) bond motifs is 1. The van der Waals surface area contributed by atoms with Crippen molar-refractivity contribution >= 4 is 28.6 Å². The molecule has 0 amide bonds. The quantitative estimate of drug-likeness (QED) is 0.491. The predicted molar refractivity (Wildman–Crippen MR) is 123 cm³/mol. The lowest BCUT2D eigenvalue weighted by molar-refractivity contribution is 0.0697. The molecule has 1 saturated carbocycles. The number of nitrogens with one attached hydrogen (secondary N) is 1. The molecule has 6 nitrogen and oxygen atoms in total. The lowest BCUT2D eigenvalue weighted by Crippen LogP contribution is -2.29. The molecule has 1 aliphatic carbocycles. The molecule has 2 N–H and O–H groups in total. The number of carboxylic acid groups (broad SMARTS) is 1. The van der Waals surface area contributed by atoms with Gasteiger partial charge >= 0.3 is 5.97 Å². The molecule has 0 spiro atoms. The molecule has 0 bridgehead atoms. The third-order valence-electron chi connectivity index (χ3n) is 6.09. The Hall–Kier alpha value is -3.02. The summed E-state index contributed by atoms with van der Waals surface area (Å²) in [5.41, 5.74) is 3.08. The summed E-state index contributed by atoms with van der Waals surface area (Å²) in [7, 11) is 0. The molecule has 31 heavy (non-hydrogen) atoms. The van der Waals surface area contributed by atoms with Crippen molar-refractivity contribution in [2.45, 2.75) is 53.0 Å². The van der Waals surface area contributed by atoms with Crippen LogP contribution >= 0.6 is 0 Å². The smallest absolute Gasteiger partial charge is 0.335 e. The maximum Gasteiger partial charge on any atom is 0.335 e.